The Morgan fingerprint density at radius 3 is 2.60 bits per heavy atom. The first kappa shape index (κ1) is 16.2. The van der Waals surface area contributed by atoms with Crippen molar-refractivity contribution < 1.29 is 19.4 Å². The Labute approximate surface area is 144 Å². The number of aliphatic hydroxyl groups is 1. The van der Waals surface area contributed by atoms with Crippen LogP contribution in [0.4, 0.5) is 0 Å². The van der Waals surface area contributed by atoms with Crippen LogP contribution in [0.5, 0.6) is 0 Å². The highest BCUT2D eigenvalue weighted by Crippen LogP contribution is 2.41. The highest BCUT2D eigenvalue weighted by Gasteiger charge is 2.45. The van der Waals surface area contributed by atoms with Crippen molar-refractivity contribution in [1.29, 1.82) is 0 Å². The molecule has 3 aliphatic rings. The zero-order valence-electron chi connectivity index (χ0n) is 14.0. The standard InChI is InChI=1S/C18H20N2O5/c1-9-17-19-8-12(18(24)20(17)5-2-6-25-9)16(23)13-14(21)10-3-4-11(7-10)15(13)22/h8-11,23H,2-7H2,1H3. The third-order valence-electron chi connectivity index (χ3n) is 5.49. The Hall–Kier alpha value is -2.28. The third-order valence-corrected chi connectivity index (χ3v) is 5.49. The summed E-state index contributed by atoms with van der Waals surface area (Å²) >= 11 is 0. The Morgan fingerprint density at radius 1 is 1.24 bits per heavy atom. The molecular weight excluding hydrogens is 324 g/mol. The fraction of sp³-hybridized carbons (Fsp3) is 0.556. The van der Waals surface area contributed by atoms with Gasteiger partial charge in [-0.1, -0.05) is 0 Å². The number of aliphatic hydroxyl groups excluding tert-OH is 1. The van der Waals surface area contributed by atoms with Crippen LogP contribution in [0.3, 0.4) is 0 Å². The largest absolute Gasteiger partial charge is 0.506 e. The van der Waals surface area contributed by atoms with Gasteiger partial charge < -0.3 is 9.84 Å². The van der Waals surface area contributed by atoms with Gasteiger partial charge in [0.05, 0.1) is 0 Å². The summed E-state index contributed by atoms with van der Waals surface area (Å²) in [6, 6.07) is 0. The van der Waals surface area contributed by atoms with E-state index in [1.165, 1.54) is 10.8 Å². The lowest BCUT2D eigenvalue weighted by Gasteiger charge is -2.20. The van der Waals surface area contributed by atoms with Crippen molar-refractivity contribution in [3.8, 4) is 0 Å². The van der Waals surface area contributed by atoms with Crippen LogP contribution in [0.2, 0.25) is 0 Å². The minimum atomic E-state index is -0.516. The average Bonchev–Trinajstić information content (AvgIpc) is 2.96. The number of fused-ring (bicyclic) bond motifs is 3. The first-order chi connectivity index (χ1) is 12.0. The maximum absolute atomic E-state index is 12.8. The fourth-order valence-electron chi connectivity index (χ4n) is 4.12. The van der Waals surface area contributed by atoms with E-state index in [0.717, 1.165) is 0 Å². The predicted molar refractivity (Wildman–Crippen MR) is 87.9 cm³/mol. The molecule has 2 aliphatic carbocycles. The summed E-state index contributed by atoms with van der Waals surface area (Å²) < 4.78 is 7.03. The minimum absolute atomic E-state index is 0.0872. The van der Waals surface area contributed by atoms with E-state index in [4.69, 9.17) is 4.74 Å². The molecule has 7 heteroatoms. The van der Waals surface area contributed by atoms with Crippen molar-refractivity contribution in [2.45, 2.75) is 45.3 Å². The van der Waals surface area contributed by atoms with Gasteiger partial charge in [0.1, 0.15) is 28.8 Å². The van der Waals surface area contributed by atoms with Gasteiger partial charge in [-0.2, -0.15) is 0 Å². The number of aromatic nitrogens is 2. The van der Waals surface area contributed by atoms with Gasteiger partial charge >= 0.3 is 0 Å². The maximum atomic E-state index is 12.8. The van der Waals surface area contributed by atoms with Crippen LogP contribution >= 0.6 is 0 Å². The van der Waals surface area contributed by atoms with Crippen LogP contribution < -0.4 is 5.56 Å². The van der Waals surface area contributed by atoms with Gasteiger partial charge in [0.2, 0.25) is 0 Å². The van der Waals surface area contributed by atoms with E-state index in [2.05, 4.69) is 4.98 Å². The molecule has 0 spiro atoms. The van der Waals surface area contributed by atoms with Gasteiger partial charge in [-0.25, -0.2) is 4.98 Å². The highest BCUT2D eigenvalue weighted by atomic mass is 16.5. The molecule has 0 aromatic carbocycles. The van der Waals surface area contributed by atoms with Crippen molar-refractivity contribution in [3.05, 3.63) is 33.5 Å². The number of hydrogen-bond acceptors (Lipinski definition) is 6. The van der Waals surface area contributed by atoms with Gasteiger partial charge in [-0.3, -0.25) is 19.0 Å². The summed E-state index contributed by atoms with van der Waals surface area (Å²) in [5.41, 5.74) is -0.738. The normalized spacial score (nSPS) is 28.7. The quantitative estimate of drug-likeness (QED) is 0.472. The van der Waals surface area contributed by atoms with Crippen LogP contribution in [0, 0.1) is 11.8 Å². The molecule has 2 heterocycles. The van der Waals surface area contributed by atoms with Gasteiger partial charge in [-0.15, -0.1) is 0 Å². The number of carbonyl (C=O) groups is 2. The molecule has 3 unspecified atom stereocenters. The third kappa shape index (κ3) is 2.45. The summed E-state index contributed by atoms with van der Waals surface area (Å²) in [6.07, 6.45) is 3.48. The zero-order valence-corrected chi connectivity index (χ0v) is 14.0. The van der Waals surface area contributed by atoms with Crippen molar-refractivity contribution in [2.24, 2.45) is 11.8 Å². The number of nitrogens with zero attached hydrogens (tertiary/aromatic N) is 2. The molecule has 7 nitrogen and oxygen atoms in total. The first-order valence-corrected chi connectivity index (χ1v) is 8.72. The first-order valence-electron chi connectivity index (χ1n) is 8.72. The lowest BCUT2D eigenvalue weighted by molar-refractivity contribution is -0.127. The Balaban J connectivity index is 1.85. The molecule has 132 valence electrons. The van der Waals surface area contributed by atoms with Crippen molar-refractivity contribution in [3.63, 3.8) is 0 Å². The van der Waals surface area contributed by atoms with Crippen LogP contribution in [-0.4, -0.2) is 32.8 Å². The lowest BCUT2D eigenvalue weighted by atomic mass is 9.81. The van der Waals surface area contributed by atoms with E-state index in [9.17, 15) is 19.5 Å². The van der Waals surface area contributed by atoms with Gasteiger partial charge in [-0.05, 0) is 32.6 Å². The van der Waals surface area contributed by atoms with E-state index in [1.54, 1.807) is 0 Å². The van der Waals surface area contributed by atoms with Crippen LogP contribution in [-0.2, 0) is 20.9 Å². The Kier molecular flexibility index (Phi) is 3.83. The minimum Gasteiger partial charge on any atom is -0.506 e. The summed E-state index contributed by atoms with van der Waals surface area (Å²) in [4.78, 5) is 42.2. The number of allylic oxidation sites excluding steroid dienone is 1. The molecule has 2 saturated carbocycles. The molecule has 25 heavy (non-hydrogen) atoms. The van der Waals surface area contributed by atoms with E-state index >= 15 is 0 Å². The topological polar surface area (TPSA) is 98.5 Å². The Bertz CT molecular complexity index is 830. The fourth-order valence-corrected chi connectivity index (χ4v) is 4.12. The van der Waals surface area contributed by atoms with Crippen molar-refractivity contribution >= 4 is 17.3 Å². The highest BCUT2D eigenvalue weighted by molar-refractivity contribution is 6.27. The molecule has 1 aromatic rings. The van der Waals surface area contributed by atoms with Gasteiger partial charge in [0, 0.05) is 31.2 Å². The number of Topliss-reactive ketones (excluding diaryl/α,β-unsaturated/α-hetero) is 2. The van der Waals surface area contributed by atoms with Crippen molar-refractivity contribution in [1.82, 2.24) is 9.55 Å². The van der Waals surface area contributed by atoms with E-state index < -0.39 is 11.3 Å². The number of ether oxygens (including phenoxy) is 1. The molecular formula is C18H20N2O5. The smallest absolute Gasteiger partial charge is 0.264 e. The molecule has 0 radical (unpaired) electrons. The Morgan fingerprint density at radius 2 is 1.92 bits per heavy atom. The summed E-state index contributed by atoms with van der Waals surface area (Å²) in [5.74, 6) is -1.14. The molecule has 2 fully saturated rings. The molecule has 3 atom stereocenters. The monoisotopic (exact) mass is 344 g/mol. The molecule has 1 aromatic heterocycles. The average molecular weight is 344 g/mol. The van der Waals surface area contributed by atoms with E-state index in [1.807, 2.05) is 6.92 Å². The number of rotatable bonds is 1. The molecule has 0 saturated heterocycles. The van der Waals surface area contributed by atoms with Crippen LogP contribution in [0.25, 0.3) is 5.76 Å². The summed E-state index contributed by atoms with van der Waals surface area (Å²) in [7, 11) is 0. The molecule has 0 amide bonds. The number of hydrogen-bond donors (Lipinski definition) is 1. The SMILES string of the molecule is CC1OCCCn2c1ncc(C(O)=C1C(=O)C3CCC(C3)C1=O)c2=O. The van der Waals surface area contributed by atoms with Crippen molar-refractivity contribution in [2.75, 3.05) is 6.61 Å². The number of ketones is 2. The van der Waals surface area contributed by atoms with Gasteiger partial charge in [0.15, 0.2) is 11.6 Å². The second-order valence-corrected chi connectivity index (χ2v) is 7.01. The lowest BCUT2D eigenvalue weighted by Crippen LogP contribution is -2.32. The van der Waals surface area contributed by atoms with E-state index in [-0.39, 0.29) is 40.6 Å². The zero-order chi connectivity index (χ0) is 17.7. The molecule has 1 N–H and O–H groups in total. The molecule has 2 bridgehead atoms. The van der Waals surface area contributed by atoms with E-state index in [0.29, 0.717) is 44.7 Å². The van der Waals surface area contributed by atoms with Gasteiger partial charge in [0.25, 0.3) is 5.56 Å². The predicted octanol–water partition coefficient (Wildman–Crippen LogP) is 1.56. The van der Waals surface area contributed by atoms with Crippen LogP contribution in [0.1, 0.15) is 50.1 Å². The second kappa shape index (κ2) is 5.91. The summed E-state index contributed by atoms with van der Waals surface area (Å²) in [6.45, 7) is 2.76. The maximum Gasteiger partial charge on any atom is 0.264 e. The summed E-state index contributed by atoms with van der Waals surface area (Å²) in [5, 5.41) is 10.6. The molecule has 4 rings (SSSR count). The van der Waals surface area contributed by atoms with Crippen LogP contribution in [0.15, 0.2) is 16.6 Å². The molecule has 1 aliphatic heterocycles. The second-order valence-electron chi connectivity index (χ2n) is 7.01. The number of carbonyl (C=O) groups excluding carboxylic acids is 2.